The van der Waals surface area contributed by atoms with E-state index in [-0.39, 0.29) is 0 Å². The quantitative estimate of drug-likeness (QED) is 0.448. The lowest BCUT2D eigenvalue weighted by atomic mass is 9.79. The Hall–Kier alpha value is -1.39. The van der Waals surface area contributed by atoms with Crippen LogP contribution in [-0.2, 0) is 12.6 Å². The normalized spacial score (nSPS) is 22.7. The van der Waals surface area contributed by atoms with E-state index in [4.69, 9.17) is 0 Å². The topological polar surface area (TPSA) is 0 Å². The Morgan fingerprint density at radius 1 is 1.04 bits per heavy atom. The number of hydrogen-bond acceptors (Lipinski definition) is 0. The van der Waals surface area contributed by atoms with E-state index in [2.05, 4.69) is 12.2 Å². The highest BCUT2D eigenvalue weighted by atomic mass is 19.4. The molecule has 5 heteroatoms. The van der Waals surface area contributed by atoms with Gasteiger partial charge in [-0.2, -0.15) is 13.2 Å². The van der Waals surface area contributed by atoms with Crippen LogP contribution in [0.1, 0.15) is 50.2 Å². The zero-order valence-corrected chi connectivity index (χ0v) is 13.1. The third-order valence-electron chi connectivity index (χ3n) is 4.58. The SMILES string of the molecule is C/C=C/[C@H]1CC[C@H](CCc2cc(F)c(C(F)(F)F)c(F)c2)CC1. The van der Waals surface area contributed by atoms with Crippen LogP contribution in [0.5, 0.6) is 0 Å². The Balaban J connectivity index is 1.95. The van der Waals surface area contributed by atoms with E-state index in [1.807, 2.05) is 6.92 Å². The monoisotopic (exact) mass is 332 g/mol. The van der Waals surface area contributed by atoms with Crippen molar-refractivity contribution in [2.24, 2.45) is 11.8 Å². The smallest absolute Gasteiger partial charge is 0.206 e. The molecular weight excluding hydrogens is 311 g/mol. The number of hydrogen-bond donors (Lipinski definition) is 0. The first-order chi connectivity index (χ1) is 10.8. The maximum absolute atomic E-state index is 13.5. The van der Waals surface area contributed by atoms with Crippen LogP contribution in [0.25, 0.3) is 0 Å². The van der Waals surface area contributed by atoms with Crippen molar-refractivity contribution >= 4 is 0 Å². The Labute approximate surface area is 133 Å². The molecule has 0 unspecified atom stereocenters. The molecule has 0 saturated heterocycles. The average Bonchev–Trinajstić information content (AvgIpc) is 2.44. The average molecular weight is 332 g/mol. The fraction of sp³-hybridized carbons (Fsp3) is 0.556. The van der Waals surface area contributed by atoms with Crippen LogP contribution in [0.15, 0.2) is 24.3 Å². The van der Waals surface area contributed by atoms with Crippen LogP contribution in [-0.4, -0.2) is 0 Å². The van der Waals surface area contributed by atoms with E-state index in [1.54, 1.807) is 0 Å². The van der Waals surface area contributed by atoms with Crippen molar-refractivity contribution < 1.29 is 22.0 Å². The number of allylic oxidation sites excluding steroid dienone is 2. The van der Waals surface area contributed by atoms with Crippen LogP contribution < -0.4 is 0 Å². The van der Waals surface area contributed by atoms with E-state index >= 15 is 0 Å². The molecule has 1 aliphatic rings. The molecule has 1 aromatic rings. The van der Waals surface area contributed by atoms with Crippen molar-refractivity contribution in [3.63, 3.8) is 0 Å². The van der Waals surface area contributed by atoms with Gasteiger partial charge < -0.3 is 0 Å². The van der Waals surface area contributed by atoms with Gasteiger partial charge in [-0.3, -0.25) is 0 Å². The molecule has 1 aromatic carbocycles. The highest BCUT2D eigenvalue weighted by molar-refractivity contribution is 5.28. The summed E-state index contributed by atoms with van der Waals surface area (Å²) in [6, 6.07) is 1.63. The fourth-order valence-corrected chi connectivity index (χ4v) is 3.35. The van der Waals surface area contributed by atoms with Gasteiger partial charge in [-0.15, -0.1) is 0 Å². The number of benzene rings is 1. The van der Waals surface area contributed by atoms with Gasteiger partial charge >= 0.3 is 6.18 Å². The van der Waals surface area contributed by atoms with Gasteiger partial charge in [0.1, 0.15) is 17.2 Å². The second-order valence-corrected chi connectivity index (χ2v) is 6.28. The molecule has 0 atom stereocenters. The molecule has 0 heterocycles. The molecule has 0 nitrogen and oxygen atoms in total. The van der Waals surface area contributed by atoms with Crippen LogP contribution in [0, 0.1) is 23.5 Å². The molecule has 0 amide bonds. The van der Waals surface area contributed by atoms with Crippen LogP contribution >= 0.6 is 0 Å². The van der Waals surface area contributed by atoms with Gasteiger partial charge in [0.05, 0.1) is 0 Å². The minimum Gasteiger partial charge on any atom is -0.206 e. The maximum Gasteiger partial charge on any atom is 0.422 e. The first-order valence-corrected chi connectivity index (χ1v) is 7.99. The lowest BCUT2D eigenvalue weighted by molar-refractivity contribution is -0.142. The zero-order chi connectivity index (χ0) is 17.0. The van der Waals surface area contributed by atoms with Gasteiger partial charge in [0.15, 0.2) is 0 Å². The van der Waals surface area contributed by atoms with E-state index in [0.29, 0.717) is 23.8 Å². The Bertz CT molecular complexity index is 528. The molecule has 0 aliphatic heterocycles. The molecule has 0 bridgehead atoms. The summed E-state index contributed by atoms with van der Waals surface area (Å²) in [7, 11) is 0. The summed E-state index contributed by atoms with van der Waals surface area (Å²) in [5, 5.41) is 0. The van der Waals surface area contributed by atoms with Crippen LogP contribution in [0.3, 0.4) is 0 Å². The minimum absolute atomic E-state index is 0.295. The molecule has 0 N–H and O–H groups in total. The minimum atomic E-state index is -5.00. The van der Waals surface area contributed by atoms with E-state index in [1.165, 1.54) is 0 Å². The molecule has 128 valence electrons. The summed E-state index contributed by atoms with van der Waals surface area (Å²) in [4.78, 5) is 0. The number of rotatable bonds is 4. The fourth-order valence-electron chi connectivity index (χ4n) is 3.35. The van der Waals surface area contributed by atoms with Gasteiger partial charge in [-0.25, -0.2) is 8.78 Å². The Morgan fingerprint density at radius 2 is 1.61 bits per heavy atom. The van der Waals surface area contributed by atoms with E-state index in [9.17, 15) is 22.0 Å². The summed E-state index contributed by atoms with van der Waals surface area (Å²) >= 11 is 0. The summed E-state index contributed by atoms with van der Waals surface area (Å²) in [6.45, 7) is 2.00. The van der Waals surface area contributed by atoms with Crippen LogP contribution in [0.4, 0.5) is 22.0 Å². The Kier molecular flexibility index (Phi) is 5.82. The predicted molar refractivity (Wildman–Crippen MR) is 79.9 cm³/mol. The Morgan fingerprint density at radius 3 is 2.09 bits per heavy atom. The second-order valence-electron chi connectivity index (χ2n) is 6.28. The summed E-state index contributed by atoms with van der Waals surface area (Å²) in [5.74, 6) is -1.96. The third-order valence-corrected chi connectivity index (χ3v) is 4.58. The van der Waals surface area contributed by atoms with Gasteiger partial charge in [0.25, 0.3) is 0 Å². The van der Waals surface area contributed by atoms with Crippen LogP contribution in [0.2, 0.25) is 0 Å². The number of aryl methyl sites for hydroxylation is 1. The highest BCUT2D eigenvalue weighted by Gasteiger charge is 2.37. The van der Waals surface area contributed by atoms with Crippen molar-refractivity contribution in [3.05, 3.63) is 47.0 Å². The van der Waals surface area contributed by atoms with Crippen molar-refractivity contribution in [3.8, 4) is 0 Å². The zero-order valence-electron chi connectivity index (χ0n) is 13.1. The third kappa shape index (κ3) is 4.79. The molecule has 0 radical (unpaired) electrons. The maximum atomic E-state index is 13.5. The molecule has 1 fully saturated rings. The van der Waals surface area contributed by atoms with E-state index < -0.39 is 23.4 Å². The van der Waals surface area contributed by atoms with Gasteiger partial charge in [0, 0.05) is 0 Å². The van der Waals surface area contributed by atoms with Crippen molar-refractivity contribution in [1.82, 2.24) is 0 Å². The lowest BCUT2D eigenvalue weighted by Crippen LogP contribution is -2.14. The first-order valence-electron chi connectivity index (χ1n) is 7.99. The highest BCUT2D eigenvalue weighted by Crippen LogP contribution is 2.35. The molecule has 0 aromatic heterocycles. The lowest BCUT2D eigenvalue weighted by Gasteiger charge is -2.26. The first kappa shape index (κ1) is 18.0. The standard InChI is InChI=1S/C18H21F5/c1-2-3-12-4-6-13(7-5-12)8-9-14-10-15(19)17(16(20)11-14)18(21,22)23/h2-3,10-13H,4-9H2,1H3/b3-2+/t12-,13-. The predicted octanol–water partition coefficient (Wildman–Crippen LogP) is 6.30. The molecule has 0 spiro atoms. The van der Waals surface area contributed by atoms with Gasteiger partial charge in [-0.1, -0.05) is 12.2 Å². The number of halogens is 5. The van der Waals surface area contributed by atoms with Gasteiger partial charge in [-0.05, 0) is 75.0 Å². The molecule has 23 heavy (non-hydrogen) atoms. The summed E-state index contributed by atoms with van der Waals surface area (Å²) in [6.07, 6.45) is 4.74. The van der Waals surface area contributed by atoms with Gasteiger partial charge in [0.2, 0.25) is 0 Å². The molecule has 1 aliphatic carbocycles. The summed E-state index contributed by atoms with van der Waals surface area (Å²) in [5.41, 5.74) is -1.50. The largest absolute Gasteiger partial charge is 0.422 e. The number of alkyl halides is 3. The molecular formula is C18H21F5. The van der Waals surface area contributed by atoms with Crippen molar-refractivity contribution in [2.45, 2.75) is 51.6 Å². The van der Waals surface area contributed by atoms with Crippen molar-refractivity contribution in [2.75, 3.05) is 0 Å². The second kappa shape index (κ2) is 7.45. The molecule has 2 rings (SSSR count). The summed E-state index contributed by atoms with van der Waals surface area (Å²) < 4.78 is 64.7. The van der Waals surface area contributed by atoms with E-state index in [0.717, 1.165) is 44.2 Å². The molecule has 1 saturated carbocycles. The van der Waals surface area contributed by atoms with Crippen molar-refractivity contribution in [1.29, 1.82) is 0 Å².